The normalized spacial score (nSPS) is 20.3. The average Bonchev–Trinajstić information content (AvgIpc) is 2.61. The van der Waals surface area contributed by atoms with Gasteiger partial charge < -0.3 is 15.0 Å². The SMILES string of the molecule is CCOC(=O)N1CCN(S(=O)(=O)NCC(=O)NC2CCCCC2)CC1. The highest BCUT2D eigenvalue weighted by molar-refractivity contribution is 7.87. The Bertz CT molecular complexity index is 554. The Kier molecular flexibility index (Phi) is 7.45. The standard InChI is InChI=1S/C15H28N4O5S/c1-2-24-15(21)18-8-10-19(11-9-18)25(22,23)16-12-14(20)17-13-6-4-3-5-7-13/h13,16H,2-12H2,1H3,(H,17,20). The maximum absolute atomic E-state index is 12.3. The van der Waals surface area contributed by atoms with Gasteiger partial charge >= 0.3 is 6.09 Å². The monoisotopic (exact) mass is 376 g/mol. The Labute approximate surface area is 149 Å². The highest BCUT2D eigenvalue weighted by Crippen LogP contribution is 2.17. The molecular formula is C15H28N4O5S. The van der Waals surface area contributed by atoms with Crippen LogP contribution in [-0.4, -0.2) is 75.0 Å². The van der Waals surface area contributed by atoms with Gasteiger partial charge in [0, 0.05) is 32.2 Å². The van der Waals surface area contributed by atoms with E-state index in [1.807, 2.05) is 0 Å². The molecule has 0 radical (unpaired) electrons. The predicted molar refractivity (Wildman–Crippen MR) is 92.1 cm³/mol. The van der Waals surface area contributed by atoms with Gasteiger partial charge in [-0.15, -0.1) is 0 Å². The number of nitrogens with zero attached hydrogens (tertiary/aromatic N) is 2. The van der Waals surface area contributed by atoms with Crippen molar-refractivity contribution in [3.05, 3.63) is 0 Å². The molecule has 2 N–H and O–H groups in total. The topological polar surface area (TPSA) is 108 Å². The van der Waals surface area contributed by atoms with Crippen molar-refractivity contribution in [2.75, 3.05) is 39.3 Å². The third-order valence-electron chi connectivity index (χ3n) is 4.49. The third-order valence-corrected chi connectivity index (χ3v) is 6.04. The van der Waals surface area contributed by atoms with E-state index in [4.69, 9.17) is 4.74 Å². The number of carbonyl (C=O) groups is 2. The molecule has 0 aromatic carbocycles. The summed E-state index contributed by atoms with van der Waals surface area (Å²) in [6, 6.07) is 0.152. The molecule has 144 valence electrons. The van der Waals surface area contributed by atoms with Crippen LogP contribution in [0.2, 0.25) is 0 Å². The highest BCUT2D eigenvalue weighted by atomic mass is 32.2. The third kappa shape index (κ3) is 6.12. The van der Waals surface area contributed by atoms with Crippen molar-refractivity contribution in [1.29, 1.82) is 0 Å². The number of hydrogen-bond acceptors (Lipinski definition) is 5. The molecule has 2 aliphatic rings. The van der Waals surface area contributed by atoms with Gasteiger partial charge in [-0.25, -0.2) is 4.79 Å². The molecular weight excluding hydrogens is 348 g/mol. The fraction of sp³-hybridized carbons (Fsp3) is 0.867. The summed E-state index contributed by atoms with van der Waals surface area (Å²) in [7, 11) is -3.74. The van der Waals surface area contributed by atoms with Gasteiger partial charge in [-0.1, -0.05) is 19.3 Å². The molecule has 0 spiro atoms. The lowest BCUT2D eigenvalue weighted by atomic mass is 9.95. The fourth-order valence-electron chi connectivity index (χ4n) is 3.10. The van der Waals surface area contributed by atoms with Crippen molar-refractivity contribution in [1.82, 2.24) is 19.2 Å². The zero-order valence-electron chi connectivity index (χ0n) is 14.7. The maximum atomic E-state index is 12.3. The second kappa shape index (κ2) is 9.35. The van der Waals surface area contributed by atoms with Crippen molar-refractivity contribution in [3.63, 3.8) is 0 Å². The van der Waals surface area contributed by atoms with Gasteiger partial charge in [-0.3, -0.25) is 4.79 Å². The maximum Gasteiger partial charge on any atom is 0.409 e. The molecule has 9 nitrogen and oxygen atoms in total. The number of nitrogens with one attached hydrogen (secondary N) is 2. The van der Waals surface area contributed by atoms with E-state index in [1.165, 1.54) is 15.6 Å². The van der Waals surface area contributed by atoms with Gasteiger partial charge in [0.15, 0.2) is 0 Å². The van der Waals surface area contributed by atoms with Crippen LogP contribution in [0.25, 0.3) is 0 Å². The van der Waals surface area contributed by atoms with Gasteiger partial charge in [-0.05, 0) is 19.8 Å². The Morgan fingerprint density at radius 3 is 2.32 bits per heavy atom. The summed E-state index contributed by atoms with van der Waals surface area (Å²) >= 11 is 0. The molecule has 1 aliphatic heterocycles. The largest absolute Gasteiger partial charge is 0.450 e. The molecule has 1 saturated carbocycles. The van der Waals surface area contributed by atoms with Gasteiger partial charge in [0.25, 0.3) is 10.2 Å². The van der Waals surface area contributed by atoms with E-state index in [2.05, 4.69) is 10.0 Å². The van der Waals surface area contributed by atoms with E-state index in [-0.39, 0.29) is 51.3 Å². The molecule has 0 unspecified atom stereocenters. The first-order chi connectivity index (χ1) is 11.9. The lowest BCUT2D eigenvalue weighted by Gasteiger charge is -2.33. The van der Waals surface area contributed by atoms with Crippen molar-refractivity contribution in [2.45, 2.75) is 45.1 Å². The summed E-state index contributed by atoms with van der Waals surface area (Å²) in [5.41, 5.74) is 0. The van der Waals surface area contributed by atoms with E-state index in [9.17, 15) is 18.0 Å². The van der Waals surface area contributed by atoms with Crippen LogP contribution in [0.4, 0.5) is 4.79 Å². The molecule has 2 rings (SSSR count). The first kappa shape index (κ1) is 19.9. The van der Waals surface area contributed by atoms with Crippen molar-refractivity contribution < 1.29 is 22.7 Å². The Hall–Kier alpha value is -1.39. The molecule has 1 heterocycles. The van der Waals surface area contributed by atoms with E-state index in [1.54, 1.807) is 6.92 Å². The molecule has 1 saturated heterocycles. The lowest BCUT2D eigenvalue weighted by Crippen LogP contribution is -2.54. The molecule has 25 heavy (non-hydrogen) atoms. The van der Waals surface area contributed by atoms with Gasteiger partial charge in [0.2, 0.25) is 5.91 Å². The van der Waals surface area contributed by atoms with Crippen LogP contribution in [0.1, 0.15) is 39.0 Å². The minimum atomic E-state index is -3.74. The first-order valence-corrected chi connectivity index (χ1v) is 10.3. The minimum absolute atomic E-state index is 0.152. The second-order valence-electron chi connectivity index (χ2n) is 6.31. The zero-order valence-corrected chi connectivity index (χ0v) is 15.5. The van der Waals surface area contributed by atoms with E-state index in [0.29, 0.717) is 0 Å². The predicted octanol–water partition coefficient (Wildman–Crippen LogP) is 0.0438. The van der Waals surface area contributed by atoms with Crippen LogP contribution in [0.5, 0.6) is 0 Å². The molecule has 2 amide bonds. The number of carbonyl (C=O) groups excluding carboxylic acids is 2. The van der Waals surface area contributed by atoms with E-state index in [0.717, 1.165) is 25.7 Å². The Morgan fingerprint density at radius 2 is 1.72 bits per heavy atom. The number of hydrogen-bond donors (Lipinski definition) is 2. The molecule has 0 bridgehead atoms. The number of amides is 2. The molecule has 2 fully saturated rings. The molecule has 0 aromatic rings. The van der Waals surface area contributed by atoms with Gasteiger partial charge in [-0.2, -0.15) is 17.4 Å². The van der Waals surface area contributed by atoms with Crippen LogP contribution in [0, 0.1) is 0 Å². The summed E-state index contributed by atoms with van der Waals surface area (Å²) in [5.74, 6) is -0.305. The number of rotatable bonds is 6. The number of ether oxygens (including phenoxy) is 1. The van der Waals surface area contributed by atoms with Crippen LogP contribution in [0.15, 0.2) is 0 Å². The quantitative estimate of drug-likeness (QED) is 0.681. The van der Waals surface area contributed by atoms with Gasteiger partial charge in [0.05, 0.1) is 13.2 Å². The first-order valence-electron chi connectivity index (χ1n) is 8.88. The zero-order chi connectivity index (χ0) is 18.3. The minimum Gasteiger partial charge on any atom is -0.450 e. The molecule has 0 aromatic heterocycles. The van der Waals surface area contributed by atoms with Crippen molar-refractivity contribution >= 4 is 22.2 Å². The summed E-state index contributed by atoms with van der Waals surface area (Å²) in [5, 5.41) is 2.88. The molecule has 0 atom stereocenters. The average molecular weight is 376 g/mol. The Balaban J connectivity index is 1.74. The Morgan fingerprint density at radius 1 is 1.08 bits per heavy atom. The lowest BCUT2D eigenvalue weighted by molar-refractivity contribution is -0.120. The number of piperazine rings is 1. The highest BCUT2D eigenvalue weighted by Gasteiger charge is 2.29. The van der Waals surface area contributed by atoms with Crippen molar-refractivity contribution in [2.24, 2.45) is 0 Å². The van der Waals surface area contributed by atoms with Crippen LogP contribution in [-0.2, 0) is 19.7 Å². The van der Waals surface area contributed by atoms with Gasteiger partial charge in [0.1, 0.15) is 0 Å². The second-order valence-corrected chi connectivity index (χ2v) is 8.07. The summed E-state index contributed by atoms with van der Waals surface area (Å²) in [4.78, 5) is 25.0. The molecule has 1 aliphatic carbocycles. The fourth-order valence-corrected chi connectivity index (χ4v) is 4.24. The van der Waals surface area contributed by atoms with E-state index < -0.39 is 16.3 Å². The van der Waals surface area contributed by atoms with E-state index >= 15 is 0 Å². The van der Waals surface area contributed by atoms with Crippen molar-refractivity contribution in [3.8, 4) is 0 Å². The van der Waals surface area contributed by atoms with Crippen LogP contribution < -0.4 is 10.0 Å². The summed E-state index contributed by atoms with van der Waals surface area (Å²) in [6.45, 7) is 2.64. The van der Waals surface area contributed by atoms with Crippen LogP contribution >= 0.6 is 0 Å². The van der Waals surface area contributed by atoms with Crippen LogP contribution in [0.3, 0.4) is 0 Å². The molecule has 10 heteroatoms. The smallest absolute Gasteiger partial charge is 0.409 e. The summed E-state index contributed by atoms with van der Waals surface area (Å²) < 4.78 is 33.1. The summed E-state index contributed by atoms with van der Waals surface area (Å²) in [6.07, 6.45) is 4.86.